The first-order valence-electron chi connectivity index (χ1n) is 9.84. The average molecular weight is 445 g/mol. The maximum Gasteiger partial charge on any atom is 0.394 e. The van der Waals surface area contributed by atoms with Gasteiger partial charge in [0, 0.05) is 17.8 Å². The quantitative estimate of drug-likeness (QED) is 0.390. The van der Waals surface area contributed by atoms with E-state index in [0.29, 0.717) is 36.2 Å². The van der Waals surface area contributed by atoms with Gasteiger partial charge in [-0.15, -0.1) is 11.3 Å². The van der Waals surface area contributed by atoms with Crippen molar-refractivity contribution >= 4 is 40.1 Å². The van der Waals surface area contributed by atoms with Crippen LogP contribution >= 0.6 is 11.3 Å². The van der Waals surface area contributed by atoms with Gasteiger partial charge in [-0.2, -0.15) is 0 Å². The molecule has 2 amide bonds. The number of anilines is 1. The fourth-order valence-corrected chi connectivity index (χ4v) is 4.83. The third-order valence-corrected chi connectivity index (χ3v) is 6.23. The minimum Gasteiger partial charge on any atom is -0.478 e. The Bertz CT molecular complexity index is 989. The van der Waals surface area contributed by atoms with E-state index < -0.39 is 17.8 Å². The zero-order valence-electron chi connectivity index (χ0n) is 16.6. The molecular weight excluding hydrogens is 422 g/mol. The van der Waals surface area contributed by atoms with Gasteiger partial charge in [-0.1, -0.05) is 30.3 Å². The van der Waals surface area contributed by atoms with Gasteiger partial charge in [0.05, 0.1) is 11.6 Å². The van der Waals surface area contributed by atoms with Gasteiger partial charge in [-0.25, -0.2) is 9.59 Å². The van der Waals surface area contributed by atoms with Gasteiger partial charge >= 0.3 is 17.8 Å². The summed E-state index contributed by atoms with van der Waals surface area (Å²) in [6, 6.07) is 9.58. The Hall–Kier alpha value is -3.24. The second-order valence-corrected chi connectivity index (χ2v) is 8.17. The van der Waals surface area contributed by atoms with E-state index in [1.54, 1.807) is 0 Å². The summed E-state index contributed by atoms with van der Waals surface area (Å²) in [5.41, 5.74) is 1.64. The van der Waals surface area contributed by atoms with Crippen molar-refractivity contribution in [1.29, 1.82) is 0 Å². The first kappa shape index (κ1) is 22.4. The molecule has 0 saturated carbocycles. The third kappa shape index (κ3) is 5.68. The number of hydrogen-bond acceptors (Lipinski definition) is 6. The smallest absolute Gasteiger partial charge is 0.394 e. The first-order valence-corrected chi connectivity index (χ1v) is 10.7. The molecule has 1 aliphatic heterocycles. The fraction of sp³-hybridized carbons (Fsp3) is 0.333. The summed E-state index contributed by atoms with van der Waals surface area (Å²) < 4.78 is 0. The standard InChI is InChI=1S/C21H23N3O6S/c25-15(8-4-7-12-5-2-1-3-6-12)23-11-14-17-13(9-10-22-14)16(20(27)28)19(31-17)24-18(26)21(29)30/h1-3,5-6,14,22H,4,7-11H2,(H,23,25)(H,24,26)(H,27,28)(H,29,30)/t14-/m0/s1. The lowest BCUT2D eigenvalue weighted by molar-refractivity contribution is -0.147. The van der Waals surface area contributed by atoms with E-state index >= 15 is 0 Å². The Labute approximate surface area is 182 Å². The first-order chi connectivity index (χ1) is 14.9. The highest BCUT2D eigenvalue weighted by Gasteiger charge is 2.31. The summed E-state index contributed by atoms with van der Waals surface area (Å²) in [5, 5.41) is 26.6. The minimum absolute atomic E-state index is 0.00668. The molecule has 0 unspecified atom stereocenters. The number of carboxylic acids is 2. The van der Waals surface area contributed by atoms with Crippen molar-refractivity contribution in [2.75, 3.05) is 18.4 Å². The third-order valence-electron chi connectivity index (χ3n) is 4.97. The summed E-state index contributed by atoms with van der Waals surface area (Å²) in [6.45, 7) is 0.772. The number of carbonyl (C=O) groups excluding carboxylic acids is 2. The predicted octanol–water partition coefficient (Wildman–Crippen LogP) is 1.80. The Morgan fingerprint density at radius 3 is 2.55 bits per heavy atom. The van der Waals surface area contributed by atoms with Crippen LogP contribution in [0.3, 0.4) is 0 Å². The van der Waals surface area contributed by atoms with Crippen molar-refractivity contribution < 1.29 is 29.4 Å². The second-order valence-electron chi connectivity index (χ2n) is 7.11. The number of thiophene rings is 1. The van der Waals surface area contributed by atoms with Crippen LogP contribution in [0.2, 0.25) is 0 Å². The fourth-order valence-electron chi connectivity index (χ4n) is 3.51. The van der Waals surface area contributed by atoms with E-state index in [4.69, 9.17) is 5.11 Å². The number of aliphatic carboxylic acids is 1. The van der Waals surface area contributed by atoms with Gasteiger partial charge in [0.2, 0.25) is 5.91 Å². The van der Waals surface area contributed by atoms with Gasteiger partial charge in [-0.05, 0) is 36.9 Å². The number of carbonyl (C=O) groups is 4. The summed E-state index contributed by atoms with van der Waals surface area (Å²) in [7, 11) is 0. The number of aromatic carboxylic acids is 1. The van der Waals surface area contributed by atoms with E-state index in [1.807, 2.05) is 30.3 Å². The molecule has 0 aliphatic carbocycles. The number of amides is 2. The van der Waals surface area contributed by atoms with Gasteiger partial charge in [0.1, 0.15) is 5.00 Å². The van der Waals surface area contributed by atoms with E-state index in [1.165, 1.54) is 5.56 Å². The van der Waals surface area contributed by atoms with Crippen molar-refractivity contribution in [2.24, 2.45) is 0 Å². The maximum absolute atomic E-state index is 12.2. The molecular formula is C21H23N3O6S. The average Bonchev–Trinajstić information content (AvgIpc) is 3.11. The van der Waals surface area contributed by atoms with Crippen molar-refractivity contribution in [3.05, 3.63) is 51.9 Å². The highest BCUT2D eigenvalue weighted by molar-refractivity contribution is 7.17. The SMILES string of the molecule is O=C(CCCc1ccccc1)NC[C@@H]1NCCc2c1sc(NC(=O)C(=O)O)c2C(=O)O. The van der Waals surface area contributed by atoms with E-state index in [2.05, 4.69) is 16.0 Å². The molecule has 0 spiro atoms. The molecule has 0 saturated heterocycles. The molecule has 2 aromatic rings. The Morgan fingerprint density at radius 1 is 1.13 bits per heavy atom. The normalized spacial score (nSPS) is 15.0. The summed E-state index contributed by atoms with van der Waals surface area (Å²) in [6.07, 6.45) is 2.32. The summed E-state index contributed by atoms with van der Waals surface area (Å²) in [4.78, 5) is 47.0. The Kier molecular flexibility index (Phi) is 7.37. The molecule has 31 heavy (non-hydrogen) atoms. The maximum atomic E-state index is 12.2. The van der Waals surface area contributed by atoms with Crippen LogP contribution in [0.15, 0.2) is 30.3 Å². The highest BCUT2D eigenvalue weighted by Crippen LogP contribution is 2.39. The Balaban J connectivity index is 1.62. The van der Waals surface area contributed by atoms with Crippen LogP contribution in [0.1, 0.15) is 45.2 Å². The van der Waals surface area contributed by atoms with Crippen molar-refractivity contribution in [3.8, 4) is 0 Å². The lowest BCUT2D eigenvalue weighted by atomic mass is 9.99. The number of nitrogens with one attached hydrogen (secondary N) is 3. The van der Waals surface area contributed by atoms with Crippen LogP contribution in [-0.4, -0.2) is 47.1 Å². The summed E-state index contributed by atoms with van der Waals surface area (Å²) >= 11 is 1.02. The molecule has 5 N–H and O–H groups in total. The molecule has 10 heteroatoms. The number of aryl methyl sites for hydroxylation is 1. The molecule has 0 fully saturated rings. The minimum atomic E-state index is -1.69. The van der Waals surface area contributed by atoms with E-state index in [-0.39, 0.29) is 29.1 Å². The van der Waals surface area contributed by atoms with Crippen LogP contribution < -0.4 is 16.0 Å². The molecule has 0 bridgehead atoms. The largest absolute Gasteiger partial charge is 0.478 e. The Morgan fingerprint density at radius 2 is 1.87 bits per heavy atom. The van der Waals surface area contributed by atoms with Crippen LogP contribution in [0.4, 0.5) is 5.00 Å². The zero-order valence-corrected chi connectivity index (χ0v) is 17.5. The molecule has 0 radical (unpaired) electrons. The van der Waals surface area contributed by atoms with Gasteiger partial charge in [0.15, 0.2) is 0 Å². The number of benzene rings is 1. The number of hydrogen-bond donors (Lipinski definition) is 5. The molecule has 9 nitrogen and oxygen atoms in total. The number of carboxylic acid groups (broad SMARTS) is 2. The van der Waals surface area contributed by atoms with Crippen LogP contribution in [0.25, 0.3) is 0 Å². The predicted molar refractivity (Wildman–Crippen MR) is 114 cm³/mol. The molecule has 164 valence electrons. The van der Waals surface area contributed by atoms with E-state index in [9.17, 15) is 24.3 Å². The monoisotopic (exact) mass is 445 g/mol. The van der Waals surface area contributed by atoms with Gasteiger partial charge in [-0.3, -0.25) is 9.59 Å². The number of rotatable bonds is 8. The second kappa shape index (κ2) is 10.2. The molecule has 1 aliphatic rings. The lowest BCUT2D eigenvalue weighted by Gasteiger charge is -2.24. The zero-order chi connectivity index (χ0) is 22.4. The van der Waals surface area contributed by atoms with Crippen LogP contribution in [0.5, 0.6) is 0 Å². The van der Waals surface area contributed by atoms with Crippen molar-refractivity contribution in [2.45, 2.75) is 31.7 Å². The van der Waals surface area contributed by atoms with Crippen molar-refractivity contribution in [3.63, 3.8) is 0 Å². The molecule has 3 rings (SSSR count). The van der Waals surface area contributed by atoms with Gasteiger partial charge < -0.3 is 26.2 Å². The van der Waals surface area contributed by atoms with E-state index in [0.717, 1.165) is 17.8 Å². The molecule has 1 atom stereocenters. The molecule has 1 aromatic heterocycles. The topological polar surface area (TPSA) is 145 Å². The summed E-state index contributed by atoms with van der Waals surface area (Å²) in [5.74, 6) is -4.32. The molecule has 1 aromatic carbocycles. The molecule has 2 heterocycles. The highest BCUT2D eigenvalue weighted by atomic mass is 32.1. The lowest BCUT2D eigenvalue weighted by Crippen LogP contribution is -2.38. The van der Waals surface area contributed by atoms with Gasteiger partial charge in [0.25, 0.3) is 0 Å². The van der Waals surface area contributed by atoms with Crippen molar-refractivity contribution in [1.82, 2.24) is 10.6 Å². The number of fused-ring (bicyclic) bond motifs is 1. The van der Waals surface area contributed by atoms with Crippen LogP contribution in [-0.2, 0) is 27.2 Å². The van der Waals surface area contributed by atoms with Crippen LogP contribution in [0, 0.1) is 0 Å².